The van der Waals surface area contributed by atoms with E-state index in [4.69, 9.17) is 9.51 Å². The van der Waals surface area contributed by atoms with Gasteiger partial charge in [0.1, 0.15) is 11.5 Å². The van der Waals surface area contributed by atoms with E-state index in [-0.39, 0.29) is 0 Å². The molecule has 22 heavy (non-hydrogen) atoms. The molecule has 0 bridgehead atoms. The Labute approximate surface area is 135 Å². The maximum absolute atomic E-state index is 5.42. The SMILES string of the molecule is Cc1onc(-c2ccccc2)c1-c1cn2cccc(Br)c2n1. The van der Waals surface area contributed by atoms with Crippen molar-refractivity contribution >= 4 is 21.6 Å². The van der Waals surface area contributed by atoms with Crippen LogP contribution in [-0.4, -0.2) is 14.5 Å². The van der Waals surface area contributed by atoms with Crippen molar-refractivity contribution in [1.82, 2.24) is 14.5 Å². The highest BCUT2D eigenvalue weighted by Crippen LogP contribution is 2.34. The largest absolute Gasteiger partial charge is 0.360 e. The number of nitrogens with zero attached hydrogens (tertiary/aromatic N) is 3. The third-order valence-corrected chi connectivity index (χ3v) is 4.22. The van der Waals surface area contributed by atoms with Crippen molar-refractivity contribution in [3.63, 3.8) is 0 Å². The van der Waals surface area contributed by atoms with Crippen molar-refractivity contribution in [2.24, 2.45) is 0 Å². The number of hydrogen-bond donors (Lipinski definition) is 0. The maximum Gasteiger partial charge on any atom is 0.151 e. The summed E-state index contributed by atoms with van der Waals surface area (Å²) in [7, 11) is 0. The first-order chi connectivity index (χ1) is 10.7. The van der Waals surface area contributed by atoms with Crippen LogP contribution in [0.4, 0.5) is 0 Å². The Balaban J connectivity index is 1.95. The van der Waals surface area contributed by atoms with E-state index in [1.54, 1.807) is 0 Å². The Morgan fingerprint density at radius 2 is 1.91 bits per heavy atom. The number of rotatable bonds is 2. The van der Waals surface area contributed by atoms with Crippen LogP contribution < -0.4 is 0 Å². The first-order valence-electron chi connectivity index (χ1n) is 6.89. The van der Waals surface area contributed by atoms with Gasteiger partial charge < -0.3 is 8.92 Å². The van der Waals surface area contributed by atoms with E-state index in [9.17, 15) is 0 Å². The van der Waals surface area contributed by atoms with Crippen molar-refractivity contribution in [1.29, 1.82) is 0 Å². The molecule has 3 aromatic heterocycles. The quantitative estimate of drug-likeness (QED) is 0.523. The molecule has 4 nitrogen and oxygen atoms in total. The van der Waals surface area contributed by atoms with Gasteiger partial charge in [-0.3, -0.25) is 0 Å². The number of hydrogen-bond acceptors (Lipinski definition) is 3. The summed E-state index contributed by atoms with van der Waals surface area (Å²) in [6.45, 7) is 1.91. The van der Waals surface area contributed by atoms with E-state index >= 15 is 0 Å². The Hall–Kier alpha value is -2.40. The number of benzene rings is 1. The zero-order chi connectivity index (χ0) is 15.1. The summed E-state index contributed by atoms with van der Waals surface area (Å²) in [5.41, 5.74) is 4.49. The van der Waals surface area contributed by atoms with Crippen molar-refractivity contribution in [3.05, 3.63) is 65.1 Å². The molecule has 1 aromatic carbocycles. The molecule has 0 saturated heterocycles. The van der Waals surface area contributed by atoms with Crippen molar-refractivity contribution in [2.45, 2.75) is 6.92 Å². The van der Waals surface area contributed by atoms with Crippen LogP contribution in [0, 0.1) is 6.92 Å². The fourth-order valence-electron chi connectivity index (χ4n) is 2.57. The number of fused-ring (bicyclic) bond motifs is 1. The molecule has 4 rings (SSSR count). The molecule has 0 atom stereocenters. The third-order valence-electron chi connectivity index (χ3n) is 3.60. The fraction of sp³-hybridized carbons (Fsp3) is 0.0588. The van der Waals surface area contributed by atoms with Gasteiger partial charge in [-0.25, -0.2) is 4.98 Å². The highest BCUT2D eigenvalue weighted by Gasteiger charge is 2.19. The summed E-state index contributed by atoms with van der Waals surface area (Å²) >= 11 is 3.53. The van der Waals surface area contributed by atoms with Gasteiger partial charge in [0.2, 0.25) is 0 Å². The second kappa shape index (κ2) is 5.10. The monoisotopic (exact) mass is 353 g/mol. The van der Waals surface area contributed by atoms with Crippen LogP contribution in [0.15, 0.2) is 63.9 Å². The topological polar surface area (TPSA) is 43.3 Å². The van der Waals surface area contributed by atoms with Crippen molar-refractivity contribution < 1.29 is 4.52 Å². The summed E-state index contributed by atoms with van der Waals surface area (Å²) in [6.07, 6.45) is 3.97. The zero-order valence-electron chi connectivity index (χ0n) is 11.8. The summed E-state index contributed by atoms with van der Waals surface area (Å²) in [4.78, 5) is 4.72. The van der Waals surface area contributed by atoms with Gasteiger partial charge in [-0.2, -0.15) is 0 Å². The second-order valence-corrected chi connectivity index (χ2v) is 5.90. The number of aromatic nitrogens is 3. The van der Waals surface area contributed by atoms with Crippen LogP contribution in [0.5, 0.6) is 0 Å². The highest BCUT2D eigenvalue weighted by molar-refractivity contribution is 9.10. The van der Waals surface area contributed by atoms with Gasteiger partial charge in [0.15, 0.2) is 5.65 Å². The molecule has 0 unspecified atom stereocenters. The van der Waals surface area contributed by atoms with Gasteiger partial charge in [-0.05, 0) is 35.0 Å². The minimum Gasteiger partial charge on any atom is -0.360 e. The maximum atomic E-state index is 5.42. The smallest absolute Gasteiger partial charge is 0.151 e. The van der Waals surface area contributed by atoms with E-state index < -0.39 is 0 Å². The molecule has 0 aliphatic rings. The Morgan fingerprint density at radius 3 is 2.68 bits per heavy atom. The van der Waals surface area contributed by atoms with Gasteiger partial charge in [-0.1, -0.05) is 35.5 Å². The standard InChI is InChI=1S/C17H12BrN3O/c1-11-15(16(20-22-11)12-6-3-2-4-7-12)14-10-21-9-5-8-13(18)17(21)19-14/h2-10H,1H3. The average molecular weight is 354 g/mol. The molecule has 0 aliphatic heterocycles. The van der Waals surface area contributed by atoms with Crippen LogP contribution in [0.3, 0.4) is 0 Å². The van der Waals surface area contributed by atoms with E-state index in [2.05, 4.69) is 21.1 Å². The predicted octanol–water partition coefficient (Wildman–Crippen LogP) is 4.73. The van der Waals surface area contributed by atoms with Crippen molar-refractivity contribution in [2.75, 3.05) is 0 Å². The normalized spacial score (nSPS) is 11.2. The molecular formula is C17H12BrN3O. The van der Waals surface area contributed by atoms with Gasteiger partial charge in [0.25, 0.3) is 0 Å². The average Bonchev–Trinajstić information content (AvgIpc) is 3.12. The molecule has 0 aliphatic carbocycles. The van der Waals surface area contributed by atoms with Gasteiger partial charge >= 0.3 is 0 Å². The lowest BCUT2D eigenvalue weighted by molar-refractivity contribution is 0.400. The first kappa shape index (κ1) is 13.3. The molecule has 4 aromatic rings. The second-order valence-electron chi connectivity index (χ2n) is 5.04. The fourth-order valence-corrected chi connectivity index (χ4v) is 3.01. The van der Waals surface area contributed by atoms with Crippen LogP contribution >= 0.6 is 15.9 Å². The van der Waals surface area contributed by atoms with Crippen LogP contribution in [0.1, 0.15) is 5.76 Å². The summed E-state index contributed by atoms with van der Waals surface area (Å²) in [5.74, 6) is 0.762. The summed E-state index contributed by atoms with van der Waals surface area (Å²) in [6, 6.07) is 14.0. The number of halogens is 1. The molecular weight excluding hydrogens is 342 g/mol. The highest BCUT2D eigenvalue weighted by atomic mass is 79.9. The van der Waals surface area contributed by atoms with Gasteiger partial charge in [0.05, 0.1) is 15.7 Å². The van der Waals surface area contributed by atoms with Crippen LogP contribution in [0.2, 0.25) is 0 Å². The molecule has 0 fully saturated rings. The van der Waals surface area contributed by atoms with E-state index in [0.717, 1.165) is 38.4 Å². The van der Waals surface area contributed by atoms with Crippen LogP contribution in [-0.2, 0) is 0 Å². The summed E-state index contributed by atoms with van der Waals surface area (Å²) in [5, 5.41) is 4.22. The van der Waals surface area contributed by atoms with E-state index in [1.807, 2.05) is 66.2 Å². The predicted molar refractivity (Wildman–Crippen MR) is 88.6 cm³/mol. The molecule has 0 radical (unpaired) electrons. The first-order valence-corrected chi connectivity index (χ1v) is 7.68. The molecule has 0 amide bonds. The molecule has 0 spiro atoms. The molecule has 3 heterocycles. The molecule has 0 saturated carbocycles. The number of pyridine rings is 1. The minimum absolute atomic E-state index is 0.762. The molecule has 5 heteroatoms. The van der Waals surface area contributed by atoms with Crippen LogP contribution in [0.25, 0.3) is 28.2 Å². The van der Waals surface area contributed by atoms with Gasteiger partial charge in [-0.15, -0.1) is 0 Å². The Morgan fingerprint density at radius 1 is 1.09 bits per heavy atom. The Bertz CT molecular complexity index is 957. The third kappa shape index (κ3) is 2.05. The van der Waals surface area contributed by atoms with E-state index in [1.165, 1.54) is 0 Å². The lowest BCUT2D eigenvalue weighted by atomic mass is 10.0. The van der Waals surface area contributed by atoms with E-state index in [0.29, 0.717) is 0 Å². The molecule has 0 N–H and O–H groups in total. The van der Waals surface area contributed by atoms with Gasteiger partial charge in [0, 0.05) is 18.0 Å². The summed E-state index contributed by atoms with van der Waals surface area (Å²) < 4.78 is 8.36. The zero-order valence-corrected chi connectivity index (χ0v) is 13.4. The minimum atomic E-state index is 0.762. The number of aryl methyl sites for hydroxylation is 1. The lowest BCUT2D eigenvalue weighted by Gasteiger charge is -1.99. The Kier molecular flexibility index (Phi) is 3.08. The lowest BCUT2D eigenvalue weighted by Crippen LogP contribution is -1.84. The number of imidazole rings is 1. The van der Waals surface area contributed by atoms with Crippen molar-refractivity contribution in [3.8, 4) is 22.5 Å². The molecule has 108 valence electrons.